The van der Waals surface area contributed by atoms with Crippen LogP contribution in [0.2, 0.25) is 5.02 Å². The zero-order chi connectivity index (χ0) is 24.7. The number of nitrogens with one attached hydrogen (secondary N) is 2. The van der Waals surface area contributed by atoms with Gasteiger partial charge in [0.05, 0.1) is 28.0 Å². The summed E-state index contributed by atoms with van der Waals surface area (Å²) in [4.78, 5) is 36.2. The van der Waals surface area contributed by atoms with E-state index in [0.717, 1.165) is 29.9 Å². The molecule has 1 aliphatic heterocycles. The van der Waals surface area contributed by atoms with Crippen LogP contribution in [-0.4, -0.2) is 60.6 Å². The Labute approximate surface area is 209 Å². The maximum atomic E-state index is 12.6. The maximum Gasteiger partial charge on any atom is 0.251 e. The second-order valence-corrected chi connectivity index (χ2v) is 10.1. The third kappa shape index (κ3) is 4.56. The number of pyridine rings is 1. The summed E-state index contributed by atoms with van der Waals surface area (Å²) in [6.45, 7) is 1.34. The van der Waals surface area contributed by atoms with E-state index in [2.05, 4.69) is 27.8 Å². The predicted octanol–water partition coefficient (Wildman–Crippen LogP) is 2.79. The molecule has 9 heteroatoms. The number of allylic oxidation sites excluding steroid dienone is 1. The molecule has 0 saturated heterocycles. The fraction of sp³-hybridized carbons (Fsp3) is 0.385. The van der Waals surface area contributed by atoms with Crippen molar-refractivity contribution in [2.75, 3.05) is 32.5 Å². The van der Waals surface area contributed by atoms with Crippen molar-refractivity contribution in [1.29, 1.82) is 0 Å². The van der Waals surface area contributed by atoms with Crippen molar-refractivity contribution in [3.8, 4) is 0 Å². The number of nitrogens with two attached hydrogens (primary N) is 1. The topological polar surface area (TPSA) is 113 Å². The first-order valence-corrected chi connectivity index (χ1v) is 12.2. The van der Waals surface area contributed by atoms with Gasteiger partial charge in [0.15, 0.2) is 0 Å². The number of amides is 2. The Morgan fingerprint density at radius 2 is 2.03 bits per heavy atom. The highest BCUT2D eigenvalue weighted by atomic mass is 35.5. The normalized spacial score (nSPS) is 23.9. The minimum absolute atomic E-state index is 0.116. The van der Waals surface area contributed by atoms with Crippen molar-refractivity contribution < 1.29 is 9.59 Å². The quantitative estimate of drug-likeness (QED) is 0.490. The largest absolute Gasteiger partial charge is 0.378 e. The van der Waals surface area contributed by atoms with Gasteiger partial charge in [-0.2, -0.15) is 0 Å². The van der Waals surface area contributed by atoms with Gasteiger partial charge < -0.3 is 21.3 Å². The van der Waals surface area contributed by atoms with E-state index < -0.39 is 0 Å². The molecule has 0 spiro atoms. The molecular formula is C26H29ClN6O2. The number of anilines is 1. The predicted molar refractivity (Wildman–Crippen MR) is 137 cm³/mol. The van der Waals surface area contributed by atoms with Gasteiger partial charge >= 0.3 is 0 Å². The van der Waals surface area contributed by atoms with Crippen LogP contribution in [0.5, 0.6) is 0 Å². The van der Waals surface area contributed by atoms with Crippen molar-refractivity contribution in [2.24, 2.45) is 28.5 Å². The molecule has 0 unspecified atom stereocenters. The maximum absolute atomic E-state index is 12.6. The Morgan fingerprint density at radius 1 is 1.23 bits per heavy atom. The summed E-state index contributed by atoms with van der Waals surface area (Å²) in [6.07, 6.45) is 7.31. The van der Waals surface area contributed by atoms with Crippen LogP contribution in [0.4, 0.5) is 11.4 Å². The van der Waals surface area contributed by atoms with E-state index >= 15 is 0 Å². The second-order valence-electron chi connectivity index (χ2n) is 9.70. The van der Waals surface area contributed by atoms with Crippen molar-refractivity contribution in [2.45, 2.75) is 18.9 Å². The van der Waals surface area contributed by atoms with Crippen molar-refractivity contribution in [3.63, 3.8) is 0 Å². The minimum Gasteiger partial charge on any atom is -0.378 e. The van der Waals surface area contributed by atoms with Crippen LogP contribution in [0, 0.1) is 17.8 Å². The van der Waals surface area contributed by atoms with E-state index in [1.807, 2.05) is 37.2 Å². The molecule has 1 aromatic carbocycles. The van der Waals surface area contributed by atoms with E-state index in [0.29, 0.717) is 34.9 Å². The first-order valence-electron chi connectivity index (χ1n) is 11.8. The van der Waals surface area contributed by atoms with Gasteiger partial charge in [-0.05, 0) is 50.0 Å². The van der Waals surface area contributed by atoms with Gasteiger partial charge in [0.25, 0.3) is 5.91 Å². The summed E-state index contributed by atoms with van der Waals surface area (Å²) in [5.74, 6) is -0.308. The lowest BCUT2D eigenvalue weighted by molar-refractivity contribution is -0.122. The molecule has 1 saturated carbocycles. The van der Waals surface area contributed by atoms with Crippen LogP contribution >= 0.6 is 11.6 Å². The smallest absolute Gasteiger partial charge is 0.251 e. The number of hydrogen-bond acceptors (Lipinski definition) is 6. The highest BCUT2D eigenvalue weighted by Gasteiger charge is 2.48. The lowest BCUT2D eigenvalue weighted by Crippen LogP contribution is -2.41. The minimum atomic E-state index is -0.300. The molecule has 2 heterocycles. The summed E-state index contributed by atoms with van der Waals surface area (Å²) in [6, 6.07) is 7.33. The van der Waals surface area contributed by atoms with Gasteiger partial charge in [-0.1, -0.05) is 35.9 Å². The van der Waals surface area contributed by atoms with Crippen LogP contribution in [0.25, 0.3) is 0 Å². The highest BCUT2D eigenvalue weighted by molar-refractivity contribution is 6.34. The molecule has 5 rings (SSSR count). The summed E-state index contributed by atoms with van der Waals surface area (Å²) in [5.41, 5.74) is 10.2. The molecule has 4 N–H and O–H groups in total. The summed E-state index contributed by atoms with van der Waals surface area (Å²) in [7, 11) is 3.93. The van der Waals surface area contributed by atoms with Gasteiger partial charge in [0.1, 0.15) is 5.69 Å². The average molecular weight is 493 g/mol. The fourth-order valence-corrected chi connectivity index (χ4v) is 5.51. The summed E-state index contributed by atoms with van der Waals surface area (Å²) < 4.78 is 0. The van der Waals surface area contributed by atoms with E-state index in [9.17, 15) is 9.59 Å². The lowest BCUT2D eigenvalue weighted by Gasteiger charge is -2.28. The number of primary amides is 1. The number of carbonyl (C=O) groups is 2. The van der Waals surface area contributed by atoms with E-state index in [4.69, 9.17) is 22.3 Å². The Morgan fingerprint density at radius 3 is 2.80 bits per heavy atom. The van der Waals surface area contributed by atoms with Gasteiger partial charge in [0.2, 0.25) is 5.91 Å². The zero-order valence-electron chi connectivity index (χ0n) is 19.8. The van der Waals surface area contributed by atoms with Crippen LogP contribution < -0.4 is 16.4 Å². The fourth-order valence-electron chi connectivity index (χ4n) is 5.31. The number of halogens is 1. The molecule has 0 radical (unpaired) electrons. The molecule has 2 aliphatic carbocycles. The van der Waals surface area contributed by atoms with Gasteiger partial charge in [-0.3, -0.25) is 14.6 Å². The number of aliphatic imine (C=N–C) groups is 1. The third-order valence-electron chi connectivity index (χ3n) is 7.07. The number of nitrogens with zero attached hydrogens (tertiary/aromatic N) is 3. The summed E-state index contributed by atoms with van der Waals surface area (Å²) in [5, 5.41) is 6.91. The van der Waals surface area contributed by atoms with Crippen LogP contribution in [0.3, 0.4) is 0 Å². The van der Waals surface area contributed by atoms with Crippen LogP contribution in [-0.2, 0) is 11.2 Å². The van der Waals surface area contributed by atoms with Crippen LogP contribution in [0.15, 0.2) is 47.6 Å². The monoisotopic (exact) mass is 492 g/mol. The zero-order valence-corrected chi connectivity index (χ0v) is 20.5. The molecule has 3 aliphatic rings. The number of hydrogen-bond donors (Lipinski definition) is 3. The van der Waals surface area contributed by atoms with Crippen molar-refractivity contribution in [3.05, 3.63) is 64.5 Å². The second kappa shape index (κ2) is 9.43. The van der Waals surface area contributed by atoms with E-state index in [1.165, 1.54) is 0 Å². The first kappa shape index (κ1) is 23.5. The van der Waals surface area contributed by atoms with E-state index in [1.54, 1.807) is 12.3 Å². The van der Waals surface area contributed by atoms with Gasteiger partial charge in [-0.15, -0.1) is 0 Å². The average Bonchev–Trinajstić information content (AvgIpc) is 3.55. The number of benzene rings is 1. The standard InChI is InChI=1S/C26H29ClN6O2/c1-33(2)9-8-29-26(35)17-5-3-4-14(10-17)19-12-20-24(31-19)23(18(27)13-30-20)32-22-16-7-6-15(11-16)21(22)25(28)34/h3-7,10,13,15-16,21-22H,8-9,11-12H2,1-2H3,(H2,28,34)(H,29,35)(H,30,32)/t15-,16+,21+,22-/m1/s1. The molecule has 1 fully saturated rings. The van der Waals surface area contributed by atoms with Crippen molar-refractivity contribution >= 4 is 40.5 Å². The Balaban J connectivity index is 1.39. The Bertz CT molecular complexity index is 1240. The number of likely N-dealkylation sites (N-methyl/N-ethyl adjacent to an activating group) is 1. The molecule has 182 valence electrons. The van der Waals surface area contributed by atoms with Crippen molar-refractivity contribution in [1.82, 2.24) is 15.2 Å². The molecule has 35 heavy (non-hydrogen) atoms. The number of carbonyl (C=O) groups excluding carboxylic acids is 2. The third-order valence-corrected chi connectivity index (χ3v) is 7.35. The molecule has 2 bridgehead atoms. The van der Waals surface area contributed by atoms with E-state index in [-0.39, 0.29) is 35.6 Å². The number of rotatable bonds is 8. The van der Waals surface area contributed by atoms with Gasteiger partial charge in [0, 0.05) is 37.3 Å². The molecule has 1 aromatic heterocycles. The molecule has 4 atom stereocenters. The Kier molecular flexibility index (Phi) is 6.34. The molecule has 8 nitrogen and oxygen atoms in total. The van der Waals surface area contributed by atoms with Crippen LogP contribution in [0.1, 0.15) is 28.0 Å². The van der Waals surface area contributed by atoms with Gasteiger partial charge in [-0.25, -0.2) is 4.99 Å². The first-order chi connectivity index (χ1) is 16.8. The lowest BCUT2D eigenvalue weighted by atomic mass is 9.88. The number of aromatic nitrogens is 1. The molecule has 2 amide bonds. The SMILES string of the molecule is CN(C)CCNC(=O)c1cccc(C2=Nc3c(ncc(Cl)c3N[C@H]3[C@@H](C(N)=O)[C@@H]4C=C[C@H]3C4)C2)c1. The Hall–Kier alpha value is -3.23. The number of fused-ring (bicyclic) bond motifs is 3. The molecule has 2 aromatic rings. The highest BCUT2D eigenvalue weighted by Crippen LogP contribution is 2.47. The summed E-state index contributed by atoms with van der Waals surface area (Å²) >= 11 is 6.56. The molecular weight excluding hydrogens is 464 g/mol.